The second-order valence-corrected chi connectivity index (χ2v) is 6.67. The Morgan fingerprint density at radius 2 is 1.82 bits per heavy atom. The molecule has 1 unspecified atom stereocenters. The molecule has 2 N–H and O–H groups in total. The Hall–Kier alpha value is -2.04. The van der Waals surface area contributed by atoms with E-state index in [9.17, 15) is 9.59 Å². The van der Waals surface area contributed by atoms with Gasteiger partial charge in [-0.3, -0.25) is 4.79 Å². The summed E-state index contributed by atoms with van der Waals surface area (Å²) in [4.78, 5) is 25.3. The number of hydrogen-bond donors (Lipinski definition) is 1. The van der Waals surface area contributed by atoms with Gasteiger partial charge in [0.25, 0.3) is 0 Å². The standard InChI is InChI=1S/C17H24N2O3/c1-17(2,3)22-16(21)19-11-5-4-6-14(19)12-7-9-13(10-8-12)15(18)20/h7-10,14H,4-6,11H2,1-3H3,(H2,18,20). The number of primary amides is 1. The van der Waals surface area contributed by atoms with E-state index in [1.165, 1.54) is 0 Å². The SMILES string of the molecule is CC(C)(C)OC(=O)N1CCCCC1c1ccc(C(N)=O)cc1. The Labute approximate surface area is 131 Å². The van der Waals surface area contributed by atoms with Crippen molar-refractivity contribution < 1.29 is 14.3 Å². The molecule has 5 heteroatoms. The number of likely N-dealkylation sites (tertiary alicyclic amines) is 1. The average molecular weight is 304 g/mol. The summed E-state index contributed by atoms with van der Waals surface area (Å²) < 4.78 is 5.50. The lowest BCUT2D eigenvalue weighted by Gasteiger charge is -2.37. The van der Waals surface area contributed by atoms with Gasteiger partial charge < -0.3 is 15.4 Å². The number of carbonyl (C=O) groups is 2. The van der Waals surface area contributed by atoms with Crippen molar-refractivity contribution in [1.29, 1.82) is 0 Å². The van der Waals surface area contributed by atoms with E-state index in [0.29, 0.717) is 12.1 Å². The molecular weight excluding hydrogens is 280 g/mol. The molecule has 0 saturated carbocycles. The molecule has 1 heterocycles. The largest absolute Gasteiger partial charge is 0.444 e. The normalized spacial score (nSPS) is 18.9. The Morgan fingerprint density at radius 3 is 2.36 bits per heavy atom. The average Bonchev–Trinajstić information content (AvgIpc) is 2.45. The van der Waals surface area contributed by atoms with Crippen molar-refractivity contribution in [2.75, 3.05) is 6.54 Å². The lowest BCUT2D eigenvalue weighted by molar-refractivity contribution is 0.00950. The van der Waals surface area contributed by atoms with Crippen LogP contribution in [0.3, 0.4) is 0 Å². The number of benzene rings is 1. The highest BCUT2D eigenvalue weighted by Gasteiger charge is 2.31. The zero-order chi connectivity index (χ0) is 16.3. The Kier molecular flexibility index (Phi) is 4.74. The van der Waals surface area contributed by atoms with Crippen LogP contribution in [0.25, 0.3) is 0 Å². The minimum absolute atomic E-state index is 0.00877. The van der Waals surface area contributed by atoms with Crippen LogP contribution in [0.2, 0.25) is 0 Å². The van der Waals surface area contributed by atoms with Crippen LogP contribution in [-0.2, 0) is 4.74 Å². The zero-order valence-corrected chi connectivity index (χ0v) is 13.5. The highest BCUT2D eigenvalue weighted by atomic mass is 16.6. The lowest BCUT2D eigenvalue weighted by atomic mass is 9.95. The number of nitrogens with two attached hydrogens (primary N) is 1. The van der Waals surface area contributed by atoms with Gasteiger partial charge in [-0.05, 0) is 57.7 Å². The van der Waals surface area contributed by atoms with Gasteiger partial charge in [0.1, 0.15) is 5.60 Å². The summed E-state index contributed by atoms with van der Waals surface area (Å²) in [5, 5.41) is 0. The van der Waals surface area contributed by atoms with Gasteiger partial charge >= 0.3 is 6.09 Å². The van der Waals surface area contributed by atoms with Gasteiger partial charge in [0.05, 0.1) is 6.04 Å². The molecule has 120 valence electrons. The molecule has 2 rings (SSSR count). The highest BCUT2D eigenvalue weighted by Crippen LogP contribution is 2.32. The monoisotopic (exact) mass is 304 g/mol. The summed E-state index contributed by atoms with van der Waals surface area (Å²) in [6.07, 6.45) is 2.67. The number of hydrogen-bond acceptors (Lipinski definition) is 3. The second-order valence-electron chi connectivity index (χ2n) is 6.67. The summed E-state index contributed by atoms with van der Waals surface area (Å²) >= 11 is 0. The number of amides is 2. The molecule has 1 fully saturated rings. The van der Waals surface area contributed by atoms with E-state index in [4.69, 9.17) is 10.5 Å². The van der Waals surface area contributed by atoms with Crippen LogP contribution in [0.5, 0.6) is 0 Å². The Bertz CT molecular complexity index is 546. The molecule has 1 atom stereocenters. The molecule has 1 aromatic carbocycles. The van der Waals surface area contributed by atoms with Gasteiger partial charge in [-0.15, -0.1) is 0 Å². The fraction of sp³-hybridized carbons (Fsp3) is 0.529. The van der Waals surface area contributed by atoms with Crippen LogP contribution in [0.15, 0.2) is 24.3 Å². The maximum Gasteiger partial charge on any atom is 0.410 e. The third kappa shape index (κ3) is 4.00. The van der Waals surface area contributed by atoms with Crippen LogP contribution in [0, 0.1) is 0 Å². The van der Waals surface area contributed by atoms with Crippen LogP contribution in [-0.4, -0.2) is 29.0 Å². The second kappa shape index (κ2) is 6.38. The molecule has 0 aromatic heterocycles. The van der Waals surface area contributed by atoms with Crippen molar-refractivity contribution in [3.63, 3.8) is 0 Å². The van der Waals surface area contributed by atoms with Crippen molar-refractivity contribution in [2.24, 2.45) is 5.73 Å². The van der Waals surface area contributed by atoms with E-state index in [2.05, 4.69) is 0 Å². The first-order chi connectivity index (χ1) is 10.3. The maximum atomic E-state index is 12.4. The molecule has 5 nitrogen and oxygen atoms in total. The molecule has 0 bridgehead atoms. The molecule has 2 amide bonds. The van der Waals surface area contributed by atoms with Crippen LogP contribution < -0.4 is 5.73 Å². The number of ether oxygens (including phenoxy) is 1. The first-order valence-electron chi connectivity index (χ1n) is 7.67. The molecule has 0 spiro atoms. The van der Waals surface area contributed by atoms with Crippen molar-refractivity contribution in [1.82, 2.24) is 4.90 Å². The van der Waals surface area contributed by atoms with Crippen LogP contribution in [0.1, 0.15) is 62.0 Å². The van der Waals surface area contributed by atoms with Crippen molar-refractivity contribution in [2.45, 2.75) is 51.7 Å². The summed E-state index contributed by atoms with van der Waals surface area (Å²) in [6, 6.07) is 7.14. The Morgan fingerprint density at radius 1 is 1.18 bits per heavy atom. The molecule has 1 aliphatic rings. The van der Waals surface area contributed by atoms with E-state index < -0.39 is 11.5 Å². The van der Waals surface area contributed by atoms with Gasteiger partial charge in [0, 0.05) is 12.1 Å². The molecule has 22 heavy (non-hydrogen) atoms. The van der Waals surface area contributed by atoms with E-state index in [1.807, 2.05) is 32.9 Å². The number of rotatable bonds is 2. The fourth-order valence-corrected chi connectivity index (χ4v) is 2.69. The molecule has 0 aliphatic carbocycles. The summed E-state index contributed by atoms with van der Waals surface area (Å²) in [5.41, 5.74) is 6.24. The molecule has 0 radical (unpaired) electrons. The van der Waals surface area contributed by atoms with Gasteiger partial charge in [0.15, 0.2) is 0 Å². The van der Waals surface area contributed by atoms with Crippen LogP contribution in [0.4, 0.5) is 4.79 Å². The minimum atomic E-state index is -0.505. The summed E-state index contributed by atoms with van der Waals surface area (Å²) in [5.74, 6) is -0.445. The number of piperidine rings is 1. The number of nitrogens with zero attached hydrogens (tertiary/aromatic N) is 1. The van der Waals surface area contributed by atoms with Gasteiger partial charge in [-0.25, -0.2) is 4.79 Å². The lowest BCUT2D eigenvalue weighted by Crippen LogP contribution is -2.41. The van der Waals surface area contributed by atoms with Crippen LogP contribution >= 0.6 is 0 Å². The predicted molar refractivity (Wildman–Crippen MR) is 84.5 cm³/mol. The number of carbonyl (C=O) groups excluding carboxylic acids is 2. The summed E-state index contributed by atoms with van der Waals surface area (Å²) in [7, 11) is 0. The zero-order valence-electron chi connectivity index (χ0n) is 13.5. The molecule has 1 saturated heterocycles. The molecule has 1 aromatic rings. The third-order valence-electron chi connectivity index (χ3n) is 3.71. The van der Waals surface area contributed by atoms with E-state index in [0.717, 1.165) is 24.8 Å². The van der Waals surface area contributed by atoms with E-state index >= 15 is 0 Å². The van der Waals surface area contributed by atoms with Crippen molar-refractivity contribution in [3.05, 3.63) is 35.4 Å². The predicted octanol–water partition coefficient (Wildman–Crippen LogP) is 3.25. The van der Waals surface area contributed by atoms with E-state index in [1.54, 1.807) is 17.0 Å². The van der Waals surface area contributed by atoms with Gasteiger partial charge in [0.2, 0.25) is 5.91 Å². The fourth-order valence-electron chi connectivity index (χ4n) is 2.69. The first kappa shape index (κ1) is 16.3. The topological polar surface area (TPSA) is 72.6 Å². The summed E-state index contributed by atoms with van der Waals surface area (Å²) in [6.45, 7) is 6.29. The minimum Gasteiger partial charge on any atom is -0.444 e. The van der Waals surface area contributed by atoms with Crippen molar-refractivity contribution >= 4 is 12.0 Å². The van der Waals surface area contributed by atoms with Gasteiger partial charge in [-0.1, -0.05) is 12.1 Å². The molecular formula is C17H24N2O3. The first-order valence-corrected chi connectivity index (χ1v) is 7.67. The Balaban J connectivity index is 2.19. The van der Waals surface area contributed by atoms with Gasteiger partial charge in [-0.2, -0.15) is 0 Å². The quantitative estimate of drug-likeness (QED) is 0.911. The smallest absolute Gasteiger partial charge is 0.410 e. The van der Waals surface area contributed by atoms with E-state index in [-0.39, 0.29) is 12.1 Å². The third-order valence-corrected chi connectivity index (χ3v) is 3.71. The highest BCUT2D eigenvalue weighted by molar-refractivity contribution is 5.92. The van der Waals surface area contributed by atoms with Crippen molar-refractivity contribution in [3.8, 4) is 0 Å². The maximum absolute atomic E-state index is 12.4. The molecule has 1 aliphatic heterocycles.